The number of carbonyl (C=O) groups is 1. The van der Waals surface area contributed by atoms with Gasteiger partial charge in [-0.25, -0.2) is 9.78 Å². The fraction of sp³-hybridized carbons (Fsp3) is 0.0909. The molecule has 0 atom stereocenters. The zero-order chi connectivity index (χ0) is 14.2. The molecule has 0 aromatic carbocycles. The first kappa shape index (κ1) is 13.4. The van der Waals surface area contributed by atoms with Gasteiger partial charge in [-0.15, -0.1) is 0 Å². The molecule has 0 aliphatic carbocycles. The van der Waals surface area contributed by atoms with Crippen LogP contribution in [-0.2, 0) is 6.18 Å². The molecule has 0 bridgehead atoms. The molecule has 8 heteroatoms. The van der Waals surface area contributed by atoms with E-state index in [-0.39, 0.29) is 16.5 Å². The van der Waals surface area contributed by atoms with Crippen molar-refractivity contribution in [1.29, 1.82) is 0 Å². The van der Waals surface area contributed by atoms with E-state index < -0.39 is 17.7 Å². The van der Waals surface area contributed by atoms with E-state index in [4.69, 9.17) is 16.7 Å². The van der Waals surface area contributed by atoms with Crippen LogP contribution in [0.3, 0.4) is 0 Å². The lowest BCUT2D eigenvalue weighted by molar-refractivity contribution is -0.137. The Morgan fingerprint density at radius 2 is 2.11 bits per heavy atom. The number of carboxylic acid groups (broad SMARTS) is 1. The van der Waals surface area contributed by atoms with Gasteiger partial charge in [0.1, 0.15) is 5.69 Å². The van der Waals surface area contributed by atoms with E-state index in [1.807, 2.05) is 0 Å². The van der Waals surface area contributed by atoms with Gasteiger partial charge < -0.3 is 5.11 Å². The normalized spacial score (nSPS) is 11.6. The molecule has 0 spiro atoms. The van der Waals surface area contributed by atoms with Crippen LogP contribution < -0.4 is 0 Å². The number of hydrogen-bond donors (Lipinski definition) is 1. The van der Waals surface area contributed by atoms with E-state index >= 15 is 0 Å². The third kappa shape index (κ3) is 2.55. The molecule has 2 aromatic rings. The molecule has 0 fully saturated rings. The molecular weight excluding hydrogens is 285 g/mol. The minimum absolute atomic E-state index is 0.0722. The summed E-state index contributed by atoms with van der Waals surface area (Å²) in [5.74, 6) is -1.31. The van der Waals surface area contributed by atoms with E-state index in [2.05, 4.69) is 4.98 Å². The fourth-order valence-electron chi connectivity index (χ4n) is 1.50. The summed E-state index contributed by atoms with van der Waals surface area (Å²) in [6.45, 7) is 0. The average molecular weight is 291 g/mol. The number of halogens is 4. The van der Waals surface area contributed by atoms with Crippen molar-refractivity contribution in [2.24, 2.45) is 0 Å². The molecule has 0 aliphatic rings. The van der Waals surface area contributed by atoms with Crippen LogP contribution in [0.2, 0.25) is 5.02 Å². The van der Waals surface area contributed by atoms with Gasteiger partial charge in [0, 0.05) is 12.4 Å². The summed E-state index contributed by atoms with van der Waals surface area (Å²) in [6.07, 6.45) is -2.60. The number of aromatic carboxylic acids is 1. The Hall–Kier alpha value is -2.02. The monoisotopic (exact) mass is 290 g/mol. The van der Waals surface area contributed by atoms with E-state index in [1.54, 1.807) is 0 Å². The van der Waals surface area contributed by atoms with Crippen LogP contribution in [0, 0.1) is 0 Å². The Balaban J connectivity index is 2.53. The second-order valence-electron chi connectivity index (χ2n) is 3.60. The summed E-state index contributed by atoms with van der Waals surface area (Å²) >= 11 is 5.73. The van der Waals surface area contributed by atoms with Crippen LogP contribution in [0.15, 0.2) is 30.6 Å². The third-order valence-electron chi connectivity index (χ3n) is 2.35. The van der Waals surface area contributed by atoms with Crippen LogP contribution in [0.4, 0.5) is 13.2 Å². The number of alkyl halides is 3. The molecule has 2 aromatic heterocycles. The van der Waals surface area contributed by atoms with Crippen LogP contribution in [0.1, 0.15) is 16.1 Å². The van der Waals surface area contributed by atoms with Gasteiger partial charge in [-0.2, -0.15) is 13.2 Å². The van der Waals surface area contributed by atoms with Gasteiger partial charge in [0.2, 0.25) is 0 Å². The van der Waals surface area contributed by atoms with Crippen molar-refractivity contribution in [3.63, 3.8) is 0 Å². The molecule has 0 aliphatic heterocycles. The molecule has 4 nitrogen and oxygen atoms in total. The van der Waals surface area contributed by atoms with Crippen LogP contribution >= 0.6 is 11.6 Å². The summed E-state index contributed by atoms with van der Waals surface area (Å²) in [4.78, 5) is 14.5. The predicted molar refractivity (Wildman–Crippen MR) is 60.5 cm³/mol. The largest absolute Gasteiger partial charge is 0.477 e. The fourth-order valence-corrected chi connectivity index (χ4v) is 1.76. The molecule has 100 valence electrons. The van der Waals surface area contributed by atoms with Crippen LogP contribution in [0.25, 0.3) is 5.82 Å². The summed E-state index contributed by atoms with van der Waals surface area (Å²) in [7, 11) is 0. The highest BCUT2D eigenvalue weighted by atomic mass is 35.5. The van der Waals surface area contributed by atoms with E-state index in [0.717, 1.165) is 4.57 Å². The van der Waals surface area contributed by atoms with Gasteiger partial charge in [0.05, 0.1) is 10.6 Å². The van der Waals surface area contributed by atoms with Crippen LogP contribution in [0.5, 0.6) is 0 Å². The first-order valence-corrected chi connectivity index (χ1v) is 5.32. The van der Waals surface area contributed by atoms with Gasteiger partial charge in [-0.05, 0) is 18.2 Å². The minimum atomic E-state index is -4.55. The van der Waals surface area contributed by atoms with Crippen molar-refractivity contribution >= 4 is 17.6 Å². The molecule has 0 saturated heterocycles. The van der Waals surface area contributed by atoms with Gasteiger partial charge in [-0.1, -0.05) is 11.6 Å². The van der Waals surface area contributed by atoms with Crippen molar-refractivity contribution in [2.45, 2.75) is 6.18 Å². The van der Waals surface area contributed by atoms with E-state index in [9.17, 15) is 18.0 Å². The Morgan fingerprint density at radius 1 is 1.42 bits per heavy atom. The summed E-state index contributed by atoms with van der Waals surface area (Å²) < 4.78 is 38.5. The Bertz CT molecular complexity index is 637. The highest BCUT2D eigenvalue weighted by molar-refractivity contribution is 6.32. The molecule has 19 heavy (non-hydrogen) atoms. The molecular formula is C11H6ClF3N2O2. The van der Waals surface area contributed by atoms with Crippen molar-refractivity contribution in [3.8, 4) is 5.82 Å². The number of carboxylic acids is 1. The number of pyridine rings is 1. The molecule has 2 rings (SSSR count). The number of nitrogens with zero attached hydrogens (tertiary/aromatic N) is 2. The lowest BCUT2D eigenvalue weighted by atomic mass is 10.2. The molecule has 1 N–H and O–H groups in total. The first-order chi connectivity index (χ1) is 8.80. The van der Waals surface area contributed by atoms with Gasteiger partial charge in [0.25, 0.3) is 0 Å². The Kier molecular flexibility index (Phi) is 3.23. The van der Waals surface area contributed by atoms with Crippen LogP contribution in [-0.4, -0.2) is 20.6 Å². The first-order valence-electron chi connectivity index (χ1n) is 4.94. The van der Waals surface area contributed by atoms with Gasteiger partial charge in [-0.3, -0.25) is 4.57 Å². The maximum Gasteiger partial charge on any atom is 0.417 e. The smallest absolute Gasteiger partial charge is 0.417 e. The third-order valence-corrected chi connectivity index (χ3v) is 2.62. The highest BCUT2D eigenvalue weighted by Crippen LogP contribution is 2.32. The topological polar surface area (TPSA) is 55.1 Å². The molecule has 0 radical (unpaired) electrons. The lowest BCUT2D eigenvalue weighted by Crippen LogP contribution is -2.10. The maximum atomic E-state index is 12.4. The molecule has 0 saturated carbocycles. The molecule has 0 unspecified atom stereocenters. The average Bonchev–Trinajstić information content (AvgIpc) is 2.76. The Morgan fingerprint density at radius 3 is 2.63 bits per heavy atom. The minimum Gasteiger partial charge on any atom is -0.477 e. The number of aromatic nitrogens is 2. The van der Waals surface area contributed by atoms with E-state index in [1.165, 1.54) is 18.3 Å². The summed E-state index contributed by atoms with van der Waals surface area (Å²) in [5, 5.41) is 8.64. The molecule has 0 amide bonds. The maximum absolute atomic E-state index is 12.4. The summed E-state index contributed by atoms with van der Waals surface area (Å²) in [5.41, 5.74) is -1.14. The quantitative estimate of drug-likeness (QED) is 0.924. The van der Waals surface area contributed by atoms with Gasteiger partial charge in [0.15, 0.2) is 5.82 Å². The van der Waals surface area contributed by atoms with Crippen molar-refractivity contribution in [3.05, 3.63) is 46.9 Å². The van der Waals surface area contributed by atoms with Gasteiger partial charge >= 0.3 is 12.1 Å². The van der Waals surface area contributed by atoms with Crippen molar-refractivity contribution in [1.82, 2.24) is 9.55 Å². The summed E-state index contributed by atoms with van der Waals surface area (Å²) in [6, 6.07) is 3.42. The second kappa shape index (κ2) is 4.58. The lowest BCUT2D eigenvalue weighted by Gasteiger charge is -2.10. The number of rotatable bonds is 2. The van der Waals surface area contributed by atoms with E-state index in [0.29, 0.717) is 12.3 Å². The standard InChI is InChI=1S/C11H6ClF3N2O2/c12-7-4-6(11(13,14)15)5-16-9(7)17-3-1-2-8(17)10(18)19/h1-5H,(H,18,19). The zero-order valence-electron chi connectivity index (χ0n) is 9.15. The Labute approximate surface area is 110 Å². The predicted octanol–water partition coefficient (Wildman–Crippen LogP) is 3.24. The second-order valence-corrected chi connectivity index (χ2v) is 4.00. The number of hydrogen-bond acceptors (Lipinski definition) is 2. The highest BCUT2D eigenvalue weighted by Gasteiger charge is 2.31. The van der Waals surface area contributed by atoms with Crippen molar-refractivity contribution < 1.29 is 23.1 Å². The SMILES string of the molecule is O=C(O)c1cccn1-c1ncc(C(F)(F)F)cc1Cl. The zero-order valence-corrected chi connectivity index (χ0v) is 9.90. The molecule has 2 heterocycles. The van der Waals surface area contributed by atoms with Crippen molar-refractivity contribution in [2.75, 3.05) is 0 Å².